The zero-order valence-electron chi connectivity index (χ0n) is 14.7. The monoisotopic (exact) mass is 391 g/mol. The molecule has 0 aliphatic carbocycles. The number of carbonyl (C=O) groups excluding carboxylic acids is 1. The first kappa shape index (κ1) is 19.4. The SMILES string of the molecule is CCC(C(=O)Nc1ccc(OC(F)(F)F)cc1)n1cnc2ccccc2c1=O. The van der Waals surface area contributed by atoms with Crippen LogP contribution in [0.2, 0.25) is 0 Å². The number of amides is 1. The van der Waals surface area contributed by atoms with E-state index in [-0.39, 0.29) is 11.2 Å². The molecule has 0 aliphatic heterocycles. The molecule has 0 fully saturated rings. The fourth-order valence-corrected chi connectivity index (χ4v) is 2.78. The van der Waals surface area contributed by atoms with Crippen molar-refractivity contribution in [2.24, 2.45) is 0 Å². The first-order valence-corrected chi connectivity index (χ1v) is 8.41. The Bertz CT molecular complexity index is 1050. The molecule has 0 aliphatic rings. The van der Waals surface area contributed by atoms with Gasteiger partial charge in [0, 0.05) is 5.69 Å². The summed E-state index contributed by atoms with van der Waals surface area (Å²) in [5, 5.41) is 2.99. The van der Waals surface area contributed by atoms with Crippen molar-refractivity contribution in [3.8, 4) is 5.75 Å². The first-order chi connectivity index (χ1) is 13.3. The van der Waals surface area contributed by atoms with E-state index in [4.69, 9.17) is 0 Å². The van der Waals surface area contributed by atoms with Crippen LogP contribution in [0.4, 0.5) is 18.9 Å². The van der Waals surface area contributed by atoms with Gasteiger partial charge in [0.05, 0.1) is 17.2 Å². The number of benzene rings is 2. The van der Waals surface area contributed by atoms with Crippen LogP contribution in [0.3, 0.4) is 0 Å². The molecule has 1 atom stereocenters. The number of para-hydroxylation sites is 1. The van der Waals surface area contributed by atoms with E-state index in [9.17, 15) is 22.8 Å². The predicted molar refractivity (Wildman–Crippen MR) is 97.1 cm³/mol. The maximum absolute atomic E-state index is 12.7. The summed E-state index contributed by atoms with van der Waals surface area (Å²) in [4.78, 5) is 29.5. The van der Waals surface area contributed by atoms with Crippen molar-refractivity contribution in [3.05, 3.63) is 65.2 Å². The van der Waals surface area contributed by atoms with Crippen LogP contribution in [0, 0.1) is 0 Å². The van der Waals surface area contributed by atoms with Crippen LogP contribution in [0.15, 0.2) is 59.7 Å². The highest BCUT2D eigenvalue weighted by molar-refractivity contribution is 5.94. The highest BCUT2D eigenvalue weighted by Gasteiger charge is 2.31. The van der Waals surface area contributed by atoms with Crippen LogP contribution in [0.25, 0.3) is 10.9 Å². The van der Waals surface area contributed by atoms with Gasteiger partial charge in [-0.15, -0.1) is 13.2 Å². The summed E-state index contributed by atoms with van der Waals surface area (Å²) < 4.78 is 41.7. The van der Waals surface area contributed by atoms with Gasteiger partial charge in [0.25, 0.3) is 5.56 Å². The Balaban J connectivity index is 1.81. The lowest BCUT2D eigenvalue weighted by Gasteiger charge is -2.18. The minimum atomic E-state index is -4.79. The van der Waals surface area contributed by atoms with E-state index in [1.54, 1.807) is 31.2 Å². The third-order valence-electron chi connectivity index (χ3n) is 4.07. The molecule has 0 spiro atoms. The lowest BCUT2D eigenvalue weighted by molar-refractivity contribution is -0.274. The Morgan fingerprint density at radius 3 is 2.50 bits per heavy atom. The molecule has 1 amide bonds. The Morgan fingerprint density at radius 2 is 1.86 bits per heavy atom. The number of ether oxygens (including phenoxy) is 1. The Hall–Kier alpha value is -3.36. The van der Waals surface area contributed by atoms with Crippen LogP contribution in [0.5, 0.6) is 5.75 Å². The molecule has 0 saturated heterocycles. The fourth-order valence-electron chi connectivity index (χ4n) is 2.78. The van der Waals surface area contributed by atoms with Gasteiger partial charge in [-0.1, -0.05) is 19.1 Å². The molecule has 146 valence electrons. The number of hydrogen-bond acceptors (Lipinski definition) is 4. The van der Waals surface area contributed by atoms with Gasteiger partial charge in [0.2, 0.25) is 5.91 Å². The van der Waals surface area contributed by atoms with Gasteiger partial charge in [-0.3, -0.25) is 14.2 Å². The van der Waals surface area contributed by atoms with E-state index < -0.39 is 24.1 Å². The second-order valence-electron chi connectivity index (χ2n) is 5.96. The third-order valence-corrected chi connectivity index (χ3v) is 4.07. The van der Waals surface area contributed by atoms with E-state index in [1.165, 1.54) is 23.0 Å². The second kappa shape index (κ2) is 7.71. The summed E-state index contributed by atoms with van der Waals surface area (Å²) in [5.41, 5.74) is 0.459. The van der Waals surface area contributed by atoms with Gasteiger partial charge in [0.1, 0.15) is 11.8 Å². The standard InChI is InChI=1S/C19H16F3N3O3/c1-2-16(25-11-23-15-6-4-3-5-14(15)18(25)27)17(26)24-12-7-9-13(10-8-12)28-19(20,21)22/h3-11,16H,2H2,1H3,(H,24,26). The van der Waals surface area contributed by atoms with E-state index >= 15 is 0 Å². The van der Waals surface area contributed by atoms with Gasteiger partial charge in [-0.05, 0) is 42.8 Å². The summed E-state index contributed by atoms with van der Waals surface area (Å²) in [6.45, 7) is 1.74. The largest absolute Gasteiger partial charge is 0.573 e. The lowest BCUT2D eigenvalue weighted by atomic mass is 10.1. The molecule has 9 heteroatoms. The Labute approximate surface area is 157 Å². The van der Waals surface area contributed by atoms with Crippen molar-refractivity contribution in [3.63, 3.8) is 0 Å². The van der Waals surface area contributed by atoms with Crippen LogP contribution in [0.1, 0.15) is 19.4 Å². The molecule has 6 nitrogen and oxygen atoms in total. The molecule has 3 aromatic rings. The van der Waals surface area contributed by atoms with Gasteiger partial charge in [-0.2, -0.15) is 0 Å². The highest BCUT2D eigenvalue weighted by atomic mass is 19.4. The number of alkyl halides is 3. The van der Waals surface area contributed by atoms with Gasteiger partial charge in [-0.25, -0.2) is 4.98 Å². The van der Waals surface area contributed by atoms with Crippen molar-refractivity contribution in [2.75, 3.05) is 5.32 Å². The molecule has 0 saturated carbocycles. The zero-order valence-corrected chi connectivity index (χ0v) is 14.7. The highest BCUT2D eigenvalue weighted by Crippen LogP contribution is 2.24. The van der Waals surface area contributed by atoms with Crippen LogP contribution in [-0.2, 0) is 4.79 Å². The minimum absolute atomic E-state index is 0.278. The first-order valence-electron chi connectivity index (χ1n) is 8.41. The number of carbonyl (C=O) groups is 1. The lowest BCUT2D eigenvalue weighted by Crippen LogP contribution is -2.33. The molecular weight excluding hydrogens is 375 g/mol. The Morgan fingerprint density at radius 1 is 1.18 bits per heavy atom. The maximum atomic E-state index is 12.7. The molecule has 28 heavy (non-hydrogen) atoms. The van der Waals surface area contributed by atoms with Crippen molar-refractivity contribution in [1.82, 2.24) is 9.55 Å². The number of anilines is 1. The molecule has 1 aromatic heterocycles. The number of hydrogen-bond donors (Lipinski definition) is 1. The van der Waals surface area contributed by atoms with E-state index in [0.717, 1.165) is 12.1 Å². The topological polar surface area (TPSA) is 73.2 Å². The number of aromatic nitrogens is 2. The summed E-state index contributed by atoms with van der Waals surface area (Å²) in [7, 11) is 0. The third kappa shape index (κ3) is 4.30. The second-order valence-corrected chi connectivity index (χ2v) is 5.96. The fraction of sp³-hybridized carbons (Fsp3) is 0.211. The quantitative estimate of drug-likeness (QED) is 0.716. The maximum Gasteiger partial charge on any atom is 0.573 e. The van der Waals surface area contributed by atoms with Gasteiger partial charge < -0.3 is 10.1 Å². The zero-order chi connectivity index (χ0) is 20.3. The summed E-state index contributed by atoms with van der Waals surface area (Å²) in [6.07, 6.45) is -3.15. The molecule has 1 N–H and O–H groups in total. The smallest absolute Gasteiger partial charge is 0.406 e. The number of rotatable bonds is 5. The molecule has 3 rings (SSSR count). The predicted octanol–water partition coefficient (Wildman–Crippen LogP) is 3.88. The minimum Gasteiger partial charge on any atom is -0.406 e. The van der Waals surface area contributed by atoms with Crippen molar-refractivity contribution < 1.29 is 22.7 Å². The Kier molecular flexibility index (Phi) is 5.34. The summed E-state index contributed by atoms with van der Waals surface area (Å²) in [6, 6.07) is 10.7. The van der Waals surface area contributed by atoms with Crippen LogP contribution >= 0.6 is 0 Å². The molecule has 0 radical (unpaired) electrons. The number of fused-ring (bicyclic) bond motifs is 1. The summed E-state index contributed by atoms with van der Waals surface area (Å²) >= 11 is 0. The van der Waals surface area contributed by atoms with E-state index in [0.29, 0.717) is 17.3 Å². The average Bonchev–Trinajstić information content (AvgIpc) is 2.65. The van der Waals surface area contributed by atoms with Crippen LogP contribution in [-0.4, -0.2) is 21.8 Å². The van der Waals surface area contributed by atoms with E-state index in [1.807, 2.05) is 0 Å². The molecule has 2 aromatic carbocycles. The number of nitrogens with zero attached hydrogens (tertiary/aromatic N) is 2. The summed E-state index contributed by atoms with van der Waals surface area (Å²) in [5.74, 6) is -0.876. The molecule has 1 unspecified atom stereocenters. The average molecular weight is 391 g/mol. The van der Waals surface area contributed by atoms with Crippen molar-refractivity contribution in [1.29, 1.82) is 0 Å². The van der Waals surface area contributed by atoms with Crippen LogP contribution < -0.4 is 15.6 Å². The van der Waals surface area contributed by atoms with Crippen molar-refractivity contribution >= 4 is 22.5 Å². The van der Waals surface area contributed by atoms with Gasteiger partial charge >= 0.3 is 6.36 Å². The molecule has 0 bridgehead atoms. The van der Waals surface area contributed by atoms with Gasteiger partial charge in [0.15, 0.2) is 0 Å². The molecular formula is C19H16F3N3O3. The number of nitrogens with one attached hydrogen (secondary N) is 1. The van der Waals surface area contributed by atoms with E-state index in [2.05, 4.69) is 15.0 Å². The van der Waals surface area contributed by atoms with Crippen molar-refractivity contribution in [2.45, 2.75) is 25.7 Å². The number of halogens is 3. The molecule has 1 heterocycles. The normalized spacial score (nSPS) is 12.6.